The molecule has 2 aromatic carbocycles. The molecule has 1 aliphatic rings. The fraction of sp³-hybridized carbons (Fsp3) is 0.111. The minimum atomic E-state index is -0.567. The van der Waals surface area contributed by atoms with Crippen LogP contribution in [0.3, 0.4) is 0 Å². The Kier molecular flexibility index (Phi) is 3.78. The number of anilines is 1. The van der Waals surface area contributed by atoms with Gasteiger partial charge in [-0.15, -0.1) is 0 Å². The Morgan fingerprint density at radius 1 is 0.957 bits per heavy atom. The van der Waals surface area contributed by atoms with Crippen molar-refractivity contribution in [1.29, 1.82) is 0 Å². The lowest BCUT2D eigenvalue weighted by Gasteiger charge is -2.17. The molecule has 116 valence electrons. The second kappa shape index (κ2) is 5.63. The van der Waals surface area contributed by atoms with Gasteiger partial charge in [-0.2, -0.15) is 0 Å². The zero-order chi connectivity index (χ0) is 16.7. The van der Waals surface area contributed by atoms with Crippen molar-refractivity contribution >= 4 is 34.7 Å². The summed E-state index contributed by atoms with van der Waals surface area (Å²) in [6.45, 7) is 3.76. The van der Waals surface area contributed by atoms with E-state index in [9.17, 15) is 14.0 Å². The van der Waals surface area contributed by atoms with Crippen LogP contribution in [-0.4, -0.2) is 11.8 Å². The molecule has 2 aromatic rings. The van der Waals surface area contributed by atoms with Gasteiger partial charge in [0.25, 0.3) is 11.8 Å². The van der Waals surface area contributed by atoms with Crippen LogP contribution in [0.4, 0.5) is 10.1 Å². The number of rotatable bonds is 2. The van der Waals surface area contributed by atoms with E-state index in [1.165, 1.54) is 24.3 Å². The summed E-state index contributed by atoms with van der Waals surface area (Å²) in [7, 11) is 0. The standard InChI is InChI=1S/C18H13ClFNO2/c1-10-3-8-14(11(2)9-10)21-17(22)15(16(19)18(21)23)12-4-6-13(20)7-5-12/h3-9H,1-2H3. The fourth-order valence-corrected chi connectivity index (χ4v) is 2.92. The van der Waals surface area contributed by atoms with E-state index in [1.807, 2.05) is 26.0 Å². The van der Waals surface area contributed by atoms with Crippen molar-refractivity contribution in [2.45, 2.75) is 13.8 Å². The average Bonchev–Trinajstić information content (AvgIpc) is 2.72. The SMILES string of the molecule is Cc1ccc(N2C(=O)C(Cl)=C(c3ccc(F)cc3)C2=O)c(C)c1. The lowest BCUT2D eigenvalue weighted by molar-refractivity contribution is -0.119. The van der Waals surface area contributed by atoms with Crippen LogP contribution < -0.4 is 4.90 Å². The molecule has 0 fully saturated rings. The summed E-state index contributed by atoms with van der Waals surface area (Å²) >= 11 is 6.10. The van der Waals surface area contributed by atoms with Gasteiger partial charge in [0, 0.05) is 0 Å². The van der Waals surface area contributed by atoms with Gasteiger partial charge in [0.1, 0.15) is 10.8 Å². The molecule has 0 aliphatic carbocycles. The van der Waals surface area contributed by atoms with E-state index in [4.69, 9.17) is 11.6 Å². The van der Waals surface area contributed by atoms with Gasteiger partial charge in [-0.3, -0.25) is 9.59 Å². The quantitative estimate of drug-likeness (QED) is 0.782. The molecule has 0 saturated carbocycles. The van der Waals surface area contributed by atoms with Crippen LogP contribution in [0.25, 0.3) is 5.57 Å². The van der Waals surface area contributed by atoms with Crippen molar-refractivity contribution < 1.29 is 14.0 Å². The Bertz CT molecular complexity index is 856. The molecular formula is C18H13ClFNO2. The minimum Gasteiger partial charge on any atom is -0.268 e. The summed E-state index contributed by atoms with van der Waals surface area (Å²) in [6, 6.07) is 10.8. The number of nitrogens with zero attached hydrogens (tertiary/aromatic N) is 1. The predicted octanol–water partition coefficient (Wildman–Crippen LogP) is 3.97. The Hall–Kier alpha value is -2.46. The van der Waals surface area contributed by atoms with E-state index in [2.05, 4.69) is 0 Å². The van der Waals surface area contributed by atoms with Crippen LogP contribution in [0.5, 0.6) is 0 Å². The lowest BCUT2D eigenvalue weighted by Crippen LogP contribution is -2.31. The number of carbonyl (C=O) groups excluding carboxylic acids is 2. The third-order valence-corrected chi connectivity index (χ3v) is 4.10. The second-order valence-electron chi connectivity index (χ2n) is 5.43. The highest BCUT2D eigenvalue weighted by atomic mass is 35.5. The molecule has 0 radical (unpaired) electrons. The van der Waals surface area contributed by atoms with E-state index >= 15 is 0 Å². The van der Waals surface area contributed by atoms with Crippen molar-refractivity contribution in [2.24, 2.45) is 0 Å². The number of hydrogen-bond donors (Lipinski definition) is 0. The summed E-state index contributed by atoms with van der Waals surface area (Å²) in [5.74, 6) is -1.49. The third-order valence-electron chi connectivity index (χ3n) is 3.75. The van der Waals surface area contributed by atoms with Gasteiger partial charge in [-0.1, -0.05) is 41.4 Å². The van der Waals surface area contributed by atoms with Gasteiger partial charge in [-0.25, -0.2) is 9.29 Å². The van der Waals surface area contributed by atoms with Crippen LogP contribution in [0, 0.1) is 19.7 Å². The molecule has 5 heteroatoms. The summed E-state index contributed by atoms with van der Waals surface area (Å²) in [5, 5.41) is -0.151. The summed E-state index contributed by atoms with van der Waals surface area (Å²) in [5.41, 5.74) is 2.85. The van der Waals surface area contributed by atoms with E-state index in [0.29, 0.717) is 11.3 Å². The first-order valence-electron chi connectivity index (χ1n) is 7.02. The largest absolute Gasteiger partial charge is 0.277 e. The monoisotopic (exact) mass is 329 g/mol. The van der Waals surface area contributed by atoms with Crippen molar-refractivity contribution in [3.8, 4) is 0 Å². The van der Waals surface area contributed by atoms with Crippen molar-refractivity contribution in [3.05, 3.63) is 70.0 Å². The molecule has 0 bridgehead atoms. The first-order chi connectivity index (χ1) is 10.9. The Morgan fingerprint density at radius 2 is 1.61 bits per heavy atom. The topological polar surface area (TPSA) is 37.4 Å². The van der Waals surface area contributed by atoms with Gasteiger partial charge in [0.05, 0.1) is 11.3 Å². The maximum atomic E-state index is 13.1. The fourth-order valence-electron chi connectivity index (χ4n) is 2.64. The molecule has 3 rings (SSSR count). The molecule has 0 aromatic heterocycles. The Labute approximate surface area is 138 Å². The van der Waals surface area contributed by atoms with Crippen molar-refractivity contribution in [1.82, 2.24) is 0 Å². The second-order valence-corrected chi connectivity index (χ2v) is 5.81. The van der Waals surface area contributed by atoms with Gasteiger partial charge in [0.15, 0.2) is 0 Å². The molecule has 1 aliphatic heterocycles. The van der Waals surface area contributed by atoms with Crippen LogP contribution in [0.15, 0.2) is 47.5 Å². The van der Waals surface area contributed by atoms with Crippen LogP contribution in [0.1, 0.15) is 16.7 Å². The molecule has 0 N–H and O–H groups in total. The highest BCUT2D eigenvalue weighted by molar-refractivity contribution is 6.60. The molecule has 2 amide bonds. The molecule has 0 unspecified atom stereocenters. The van der Waals surface area contributed by atoms with Gasteiger partial charge in [0.2, 0.25) is 0 Å². The highest BCUT2D eigenvalue weighted by Crippen LogP contribution is 2.36. The minimum absolute atomic E-state index is 0.0941. The van der Waals surface area contributed by atoms with Gasteiger partial charge >= 0.3 is 0 Å². The first kappa shape index (κ1) is 15.4. The number of imide groups is 1. The molecule has 3 nitrogen and oxygen atoms in total. The molecule has 0 spiro atoms. The van der Waals surface area contributed by atoms with Crippen molar-refractivity contribution in [3.63, 3.8) is 0 Å². The van der Waals surface area contributed by atoms with Crippen LogP contribution in [-0.2, 0) is 9.59 Å². The molecular weight excluding hydrogens is 317 g/mol. The molecule has 23 heavy (non-hydrogen) atoms. The lowest BCUT2D eigenvalue weighted by atomic mass is 10.1. The molecule has 0 saturated heterocycles. The normalized spacial score (nSPS) is 14.9. The van der Waals surface area contributed by atoms with Gasteiger partial charge in [-0.05, 0) is 43.2 Å². The van der Waals surface area contributed by atoms with E-state index in [1.54, 1.807) is 6.07 Å². The van der Waals surface area contributed by atoms with E-state index < -0.39 is 17.6 Å². The summed E-state index contributed by atoms with van der Waals surface area (Å²) in [4.78, 5) is 26.2. The number of amides is 2. The van der Waals surface area contributed by atoms with Gasteiger partial charge < -0.3 is 0 Å². The van der Waals surface area contributed by atoms with E-state index in [-0.39, 0.29) is 10.6 Å². The predicted molar refractivity (Wildman–Crippen MR) is 87.6 cm³/mol. The van der Waals surface area contributed by atoms with Crippen LogP contribution in [0.2, 0.25) is 0 Å². The molecule has 0 atom stereocenters. The maximum absolute atomic E-state index is 13.1. The smallest absolute Gasteiger partial charge is 0.268 e. The Morgan fingerprint density at radius 3 is 2.22 bits per heavy atom. The van der Waals surface area contributed by atoms with E-state index in [0.717, 1.165) is 16.0 Å². The average molecular weight is 330 g/mol. The number of carbonyl (C=O) groups is 2. The zero-order valence-corrected chi connectivity index (χ0v) is 13.3. The summed E-state index contributed by atoms with van der Waals surface area (Å²) < 4.78 is 13.1. The highest BCUT2D eigenvalue weighted by Gasteiger charge is 2.39. The summed E-state index contributed by atoms with van der Waals surface area (Å²) in [6.07, 6.45) is 0. The van der Waals surface area contributed by atoms with Crippen molar-refractivity contribution in [2.75, 3.05) is 4.90 Å². The number of halogens is 2. The number of benzene rings is 2. The first-order valence-corrected chi connectivity index (χ1v) is 7.39. The Balaban J connectivity index is 2.07. The third kappa shape index (κ3) is 2.55. The number of aryl methyl sites for hydroxylation is 2. The molecule has 1 heterocycles. The number of hydrogen-bond acceptors (Lipinski definition) is 2. The maximum Gasteiger partial charge on any atom is 0.277 e. The zero-order valence-electron chi connectivity index (χ0n) is 12.6. The van der Waals surface area contributed by atoms with Crippen LogP contribution >= 0.6 is 11.6 Å².